The van der Waals surface area contributed by atoms with Gasteiger partial charge in [0.05, 0.1) is 6.10 Å². The maximum Gasteiger partial charge on any atom is 0.0601 e. The van der Waals surface area contributed by atoms with Crippen LogP contribution in [-0.4, -0.2) is 11.2 Å². The molecule has 1 N–H and O–H groups in total. The smallest absolute Gasteiger partial charge is 0.0601 e. The molecule has 0 aliphatic heterocycles. The Labute approximate surface area is 74.2 Å². The van der Waals surface area contributed by atoms with Gasteiger partial charge in [0, 0.05) is 0 Å². The second-order valence-corrected chi connectivity index (χ2v) is 5.14. The molecule has 68 valence electrons. The van der Waals surface area contributed by atoms with Gasteiger partial charge in [-0.25, -0.2) is 0 Å². The Balaban J connectivity index is 1.97. The molecule has 2 bridgehead atoms. The highest BCUT2D eigenvalue weighted by atomic mass is 16.3. The van der Waals surface area contributed by atoms with Crippen molar-refractivity contribution in [3.8, 4) is 0 Å². The summed E-state index contributed by atoms with van der Waals surface area (Å²) in [6, 6.07) is 0. The van der Waals surface area contributed by atoms with Gasteiger partial charge >= 0.3 is 0 Å². The van der Waals surface area contributed by atoms with Crippen LogP contribution >= 0.6 is 0 Å². The second-order valence-electron chi connectivity index (χ2n) is 5.14. The summed E-state index contributed by atoms with van der Waals surface area (Å²) in [5.74, 6) is 1.82. The van der Waals surface area contributed by atoms with Crippen molar-refractivity contribution in [3.05, 3.63) is 0 Å². The summed E-state index contributed by atoms with van der Waals surface area (Å²) in [5, 5.41) is 10.0. The quantitative estimate of drug-likeness (QED) is 0.585. The van der Waals surface area contributed by atoms with Crippen molar-refractivity contribution in [1.82, 2.24) is 0 Å². The zero-order valence-corrected chi connectivity index (χ0v) is 7.63. The molecule has 3 aliphatic carbocycles. The van der Waals surface area contributed by atoms with Gasteiger partial charge in [-0.2, -0.15) is 0 Å². The monoisotopic (exact) mass is 166 g/mol. The molecule has 3 saturated carbocycles. The van der Waals surface area contributed by atoms with E-state index in [0.29, 0.717) is 5.41 Å². The summed E-state index contributed by atoms with van der Waals surface area (Å²) in [6.45, 7) is 0. The lowest BCUT2D eigenvalue weighted by Crippen LogP contribution is -2.36. The molecule has 3 aliphatic rings. The average Bonchev–Trinajstić information content (AvgIpc) is 2.57. The standard InChI is InChI=1S/C11H18O/c12-10-7-8-4-6-11(10)5-2-1-3-9(8)11/h8-10,12H,1-7H2/t8-,9+,10+,11-/m1/s1. The molecule has 0 heterocycles. The molecule has 1 nitrogen and oxygen atoms in total. The molecular weight excluding hydrogens is 148 g/mol. The van der Waals surface area contributed by atoms with Crippen LogP contribution in [0.2, 0.25) is 0 Å². The fourth-order valence-electron chi connectivity index (χ4n) is 4.35. The highest BCUT2D eigenvalue weighted by Gasteiger charge is 2.58. The molecule has 0 radical (unpaired) electrons. The lowest BCUT2D eigenvalue weighted by Gasteiger charge is -2.39. The fraction of sp³-hybridized carbons (Fsp3) is 1.00. The average molecular weight is 166 g/mol. The molecule has 0 saturated heterocycles. The summed E-state index contributed by atoms with van der Waals surface area (Å²) >= 11 is 0. The van der Waals surface area contributed by atoms with Crippen LogP contribution in [0.3, 0.4) is 0 Å². The molecule has 3 rings (SSSR count). The fourth-order valence-corrected chi connectivity index (χ4v) is 4.35. The predicted molar refractivity (Wildman–Crippen MR) is 47.7 cm³/mol. The number of hydrogen-bond acceptors (Lipinski definition) is 1. The maximum atomic E-state index is 10.0. The third-order valence-electron chi connectivity index (χ3n) is 4.89. The van der Waals surface area contributed by atoms with Crippen molar-refractivity contribution in [2.24, 2.45) is 17.3 Å². The zero-order valence-electron chi connectivity index (χ0n) is 7.63. The molecule has 0 aromatic rings. The van der Waals surface area contributed by atoms with E-state index in [-0.39, 0.29) is 6.10 Å². The summed E-state index contributed by atoms with van der Waals surface area (Å²) < 4.78 is 0. The Morgan fingerprint density at radius 2 is 2.00 bits per heavy atom. The van der Waals surface area contributed by atoms with Crippen LogP contribution in [0.1, 0.15) is 44.9 Å². The predicted octanol–water partition coefficient (Wildman–Crippen LogP) is 2.34. The van der Waals surface area contributed by atoms with Crippen molar-refractivity contribution < 1.29 is 5.11 Å². The molecule has 0 aromatic heterocycles. The Morgan fingerprint density at radius 3 is 2.75 bits per heavy atom. The Morgan fingerprint density at radius 1 is 1.08 bits per heavy atom. The second kappa shape index (κ2) is 2.25. The third-order valence-corrected chi connectivity index (χ3v) is 4.89. The van der Waals surface area contributed by atoms with E-state index in [2.05, 4.69) is 0 Å². The lowest BCUT2D eigenvalue weighted by atomic mass is 9.68. The minimum absolute atomic E-state index is 0.0709. The van der Waals surface area contributed by atoms with Crippen LogP contribution in [0.25, 0.3) is 0 Å². The van der Waals surface area contributed by atoms with Crippen LogP contribution < -0.4 is 0 Å². The van der Waals surface area contributed by atoms with Crippen molar-refractivity contribution in [2.45, 2.75) is 51.0 Å². The van der Waals surface area contributed by atoms with Crippen molar-refractivity contribution in [3.63, 3.8) is 0 Å². The van der Waals surface area contributed by atoms with E-state index < -0.39 is 0 Å². The summed E-state index contributed by atoms with van der Waals surface area (Å²) in [7, 11) is 0. The number of aliphatic hydroxyl groups excluding tert-OH is 1. The molecule has 0 unspecified atom stereocenters. The molecule has 1 heteroatoms. The first-order valence-electron chi connectivity index (χ1n) is 5.51. The highest BCUT2D eigenvalue weighted by Crippen LogP contribution is 2.63. The minimum Gasteiger partial charge on any atom is -0.393 e. The lowest BCUT2D eigenvalue weighted by molar-refractivity contribution is 0.000950. The summed E-state index contributed by atoms with van der Waals surface area (Å²) in [4.78, 5) is 0. The van der Waals surface area contributed by atoms with E-state index >= 15 is 0 Å². The van der Waals surface area contributed by atoms with Gasteiger partial charge in [-0.1, -0.05) is 12.8 Å². The van der Waals surface area contributed by atoms with Gasteiger partial charge < -0.3 is 5.11 Å². The first-order chi connectivity index (χ1) is 5.83. The van der Waals surface area contributed by atoms with Crippen molar-refractivity contribution in [2.75, 3.05) is 0 Å². The van der Waals surface area contributed by atoms with E-state index in [0.717, 1.165) is 18.3 Å². The van der Waals surface area contributed by atoms with Gasteiger partial charge in [0.15, 0.2) is 0 Å². The van der Waals surface area contributed by atoms with E-state index in [1.807, 2.05) is 0 Å². The largest absolute Gasteiger partial charge is 0.393 e. The van der Waals surface area contributed by atoms with Crippen LogP contribution in [0.5, 0.6) is 0 Å². The van der Waals surface area contributed by atoms with E-state index in [1.54, 1.807) is 0 Å². The zero-order chi connectivity index (χ0) is 8.18. The molecule has 0 spiro atoms. The van der Waals surface area contributed by atoms with Crippen LogP contribution in [0, 0.1) is 17.3 Å². The molecule has 4 atom stereocenters. The van der Waals surface area contributed by atoms with E-state index in [1.165, 1.54) is 38.5 Å². The Bertz CT molecular complexity index is 201. The SMILES string of the molecule is O[C@H]1C[C@H]2CC[C@@]13CCCC[C@@H]23. The number of aliphatic hydroxyl groups is 1. The minimum atomic E-state index is 0.0709. The van der Waals surface area contributed by atoms with E-state index in [9.17, 15) is 5.11 Å². The highest BCUT2D eigenvalue weighted by molar-refractivity contribution is 5.08. The van der Waals surface area contributed by atoms with Gasteiger partial charge in [-0.3, -0.25) is 0 Å². The van der Waals surface area contributed by atoms with Gasteiger partial charge in [0.1, 0.15) is 0 Å². The topological polar surface area (TPSA) is 20.2 Å². The van der Waals surface area contributed by atoms with Gasteiger partial charge in [0.25, 0.3) is 0 Å². The summed E-state index contributed by atoms with van der Waals surface area (Å²) in [5.41, 5.74) is 0.420. The van der Waals surface area contributed by atoms with Crippen LogP contribution in [0.15, 0.2) is 0 Å². The third kappa shape index (κ3) is 0.693. The molecule has 3 fully saturated rings. The van der Waals surface area contributed by atoms with Gasteiger partial charge in [-0.15, -0.1) is 0 Å². The number of rotatable bonds is 0. The Hall–Kier alpha value is -0.0400. The number of hydrogen-bond donors (Lipinski definition) is 1. The van der Waals surface area contributed by atoms with Crippen LogP contribution in [0.4, 0.5) is 0 Å². The molecule has 0 amide bonds. The first-order valence-corrected chi connectivity index (χ1v) is 5.51. The Kier molecular flexibility index (Phi) is 1.39. The van der Waals surface area contributed by atoms with Gasteiger partial charge in [-0.05, 0) is 49.4 Å². The van der Waals surface area contributed by atoms with Gasteiger partial charge in [0.2, 0.25) is 0 Å². The maximum absolute atomic E-state index is 10.0. The molecule has 12 heavy (non-hydrogen) atoms. The molecule has 0 aromatic carbocycles. The normalized spacial score (nSPS) is 57.2. The summed E-state index contributed by atoms with van der Waals surface area (Å²) in [6.07, 6.45) is 9.50. The van der Waals surface area contributed by atoms with E-state index in [4.69, 9.17) is 0 Å². The van der Waals surface area contributed by atoms with Crippen molar-refractivity contribution >= 4 is 0 Å². The van der Waals surface area contributed by atoms with Crippen LogP contribution in [-0.2, 0) is 0 Å². The molecular formula is C11H18O. The first kappa shape index (κ1) is 7.37. The van der Waals surface area contributed by atoms with Crippen molar-refractivity contribution in [1.29, 1.82) is 0 Å².